The Balaban J connectivity index is 1.73. The van der Waals surface area contributed by atoms with Crippen LogP contribution < -0.4 is 9.47 Å². The van der Waals surface area contributed by atoms with Crippen molar-refractivity contribution in [1.82, 2.24) is 0 Å². The molecule has 27 heavy (non-hydrogen) atoms. The van der Waals surface area contributed by atoms with E-state index in [9.17, 15) is 4.79 Å². The number of rotatable bonds is 4. The van der Waals surface area contributed by atoms with E-state index >= 15 is 0 Å². The van der Waals surface area contributed by atoms with Crippen LogP contribution in [0.25, 0.3) is 6.08 Å². The van der Waals surface area contributed by atoms with Crippen LogP contribution in [0.5, 0.6) is 11.5 Å². The van der Waals surface area contributed by atoms with Gasteiger partial charge in [0.05, 0.1) is 5.71 Å². The molecule has 0 radical (unpaired) electrons. The molecule has 2 bridgehead atoms. The van der Waals surface area contributed by atoms with Gasteiger partial charge in [0.2, 0.25) is 6.79 Å². The Morgan fingerprint density at radius 1 is 1.30 bits per heavy atom. The van der Waals surface area contributed by atoms with Crippen molar-refractivity contribution < 1.29 is 19.1 Å². The summed E-state index contributed by atoms with van der Waals surface area (Å²) in [5.74, 6) is 1.68. The van der Waals surface area contributed by atoms with Crippen LogP contribution in [0.4, 0.5) is 0 Å². The zero-order valence-corrected chi connectivity index (χ0v) is 16.5. The molecule has 0 amide bonds. The molecule has 2 aliphatic carbocycles. The Morgan fingerprint density at radius 3 is 2.85 bits per heavy atom. The van der Waals surface area contributed by atoms with Crippen LogP contribution in [-0.4, -0.2) is 18.5 Å². The first kappa shape index (κ1) is 18.1. The number of nitrogens with zero attached hydrogens (tertiary/aromatic N) is 1. The van der Waals surface area contributed by atoms with Gasteiger partial charge < -0.3 is 14.3 Å². The van der Waals surface area contributed by atoms with E-state index in [1.165, 1.54) is 5.57 Å². The highest BCUT2D eigenvalue weighted by Crippen LogP contribution is 2.66. The number of hydrogen-bond donors (Lipinski definition) is 0. The SMILES string of the molecule is CCCC(=O)O/N=C1\C(=C\c2ccc3c(c2)OCO3)[C@@H]2CC[C@]1(C)C2(C)C. The average molecular weight is 369 g/mol. The number of benzene rings is 1. The maximum Gasteiger partial charge on any atom is 0.335 e. The largest absolute Gasteiger partial charge is 0.454 e. The number of carbonyl (C=O) groups is 1. The lowest BCUT2D eigenvalue weighted by Crippen LogP contribution is -2.33. The Morgan fingerprint density at radius 2 is 2.07 bits per heavy atom. The number of hydrogen-bond acceptors (Lipinski definition) is 5. The van der Waals surface area contributed by atoms with Gasteiger partial charge in [0.25, 0.3) is 0 Å². The van der Waals surface area contributed by atoms with Crippen molar-refractivity contribution in [3.63, 3.8) is 0 Å². The number of oxime groups is 1. The van der Waals surface area contributed by atoms with Crippen LogP contribution in [0.3, 0.4) is 0 Å². The maximum atomic E-state index is 11.9. The first-order valence-corrected chi connectivity index (χ1v) is 9.77. The van der Waals surface area contributed by atoms with Crippen molar-refractivity contribution >= 4 is 17.8 Å². The fourth-order valence-corrected chi connectivity index (χ4v) is 4.80. The van der Waals surface area contributed by atoms with Crippen molar-refractivity contribution in [2.45, 2.75) is 53.4 Å². The minimum Gasteiger partial charge on any atom is -0.454 e. The second kappa shape index (κ2) is 6.39. The normalized spacial score (nSPS) is 30.3. The summed E-state index contributed by atoms with van der Waals surface area (Å²) in [6.07, 6.45) is 5.51. The number of ether oxygens (including phenoxy) is 2. The molecule has 2 saturated carbocycles. The van der Waals surface area contributed by atoms with Gasteiger partial charge in [0.1, 0.15) is 0 Å². The zero-order valence-electron chi connectivity index (χ0n) is 16.5. The zero-order chi connectivity index (χ0) is 19.2. The molecular weight excluding hydrogens is 342 g/mol. The molecule has 5 nitrogen and oxygen atoms in total. The summed E-state index contributed by atoms with van der Waals surface area (Å²) in [7, 11) is 0. The van der Waals surface area contributed by atoms with Crippen molar-refractivity contribution in [3.05, 3.63) is 29.3 Å². The summed E-state index contributed by atoms with van der Waals surface area (Å²) in [5, 5.41) is 4.38. The van der Waals surface area contributed by atoms with Gasteiger partial charge in [-0.15, -0.1) is 0 Å². The molecule has 2 fully saturated rings. The molecule has 4 rings (SSSR count). The van der Waals surface area contributed by atoms with Gasteiger partial charge in [-0.05, 0) is 59.9 Å². The minimum atomic E-state index is -0.267. The maximum absolute atomic E-state index is 11.9. The van der Waals surface area contributed by atoms with Gasteiger partial charge in [-0.1, -0.05) is 38.9 Å². The van der Waals surface area contributed by atoms with Crippen molar-refractivity contribution in [1.29, 1.82) is 0 Å². The minimum absolute atomic E-state index is 0.0746. The molecule has 1 aromatic rings. The molecule has 0 spiro atoms. The standard InChI is InChI=1S/C22H27NO4/c1-5-6-19(24)27-23-20-15(16-9-10-22(20,4)21(16,2)3)11-14-7-8-17-18(12-14)26-13-25-17/h7-8,11-12,16H,5-6,9-10,13H2,1-4H3/b15-11+,23-20+/t16-,22-/m0/s1. The summed E-state index contributed by atoms with van der Waals surface area (Å²) in [5.41, 5.74) is 3.13. The fraction of sp³-hybridized carbons (Fsp3) is 0.545. The van der Waals surface area contributed by atoms with Gasteiger partial charge in [-0.2, -0.15) is 0 Å². The van der Waals surface area contributed by atoms with E-state index in [1.807, 2.05) is 25.1 Å². The highest BCUT2D eigenvalue weighted by molar-refractivity contribution is 6.11. The second-order valence-electron chi connectivity index (χ2n) is 8.51. The van der Waals surface area contributed by atoms with Gasteiger partial charge in [0, 0.05) is 11.8 Å². The number of allylic oxidation sites excluding steroid dienone is 1. The van der Waals surface area contributed by atoms with Crippen LogP contribution in [-0.2, 0) is 9.63 Å². The number of carbonyl (C=O) groups excluding carboxylic acids is 1. The molecule has 2 atom stereocenters. The highest BCUT2D eigenvalue weighted by Gasteiger charge is 2.62. The quantitative estimate of drug-likeness (QED) is 0.556. The lowest BCUT2D eigenvalue weighted by Gasteiger charge is -2.33. The average Bonchev–Trinajstić information content (AvgIpc) is 3.21. The molecule has 1 aliphatic heterocycles. The second-order valence-corrected chi connectivity index (χ2v) is 8.51. The molecule has 0 saturated heterocycles. The Bertz CT molecular complexity index is 839. The predicted octanol–water partition coefficient (Wildman–Crippen LogP) is 4.95. The van der Waals surface area contributed by atoms with Gasteiger partial charge >= 0.3 is 5.97 Å². The van der Waals surface area contributed by atoms with Gasteiger partial charge in [0.15, 0.2) is 11.5 Å². The molecular formula is C22H27NO4. The van der Waals surface area contributed by atoms with Crippen molar-refractivity contribution in [3.8, 4) is 11.5 Å². The van der Waals surface area contributed by atoms with Gasteiger partial charge in [-0.3, -0.25) is 0 Å². The van der Waals surface area contributed by atoms with Crippen LogP contribution in [0.15, 0.2) is 28.9 Å². The van der Waals surface area contributed by atoms with Crippen LogP contribution >= 0.6 is 0 Å². The third-order valence-electron chi connectivity index (χ3n) is 6.81. The van der Waals surface area contributed by atoms with E-state index in [0.717, 1.165) is 42.0 Å². The summed E-state index contributed by atoms with van der Waals surface area (Å²) < 4.78 is 10.9. The van der Waals surface area contributed by atoms with Crippen molar-refractivity contribution in [2.75, 3.05) is 6.79 Å². The van der Waals surface area contributed by atoms with E-state index in [2.05, 4.69) is 32.0 Å². The lowest BCUT2D eigenvalue weighted by molar-refractivity contribution is -0.143. The summed E-state index contributed by atoms with van der Waals surface area (Å²) in [6, 6.07) is 5.97. The Kier molecular flexibility index (Phi) is 4.28. The highest BCUT2D eigenvalue weighted by atomic mass is 16.7. The first-order chi connectivity index (χ1) is 12.9. The lowest BCUT2D eigenvalue weighted by atomic mass is 9.70. The summed E-state index contributed by atoms with van der Waals surface area (Å²) in [6.45, 7) is 9.08. The summed E-state index contributed by atoms with van der Waals surface area (Å²) >= 11 is 0. The smallest absolute Gasteiger partial charge is 0.335 e. The third-order valence-corrected chi connectivity index (χ3v) is 6.81. The molecule has 1 heterocycles. The van der Waals surface area contributed by atoms with E-state index in [0.29, 0.717) is 12.3 Å². The first-order valence-electron chi connectivity index (χ1n) is 9.77. The molecule has 0 N–H and O–H groups in total. The number of fused-ring (bicyclic) bond motifs is 3. The molecule has 0 aromatic heterocycles. The van der Waals surface area contributed by atoms with Crippen LogP contribution in [0.1, 0.15) is 58.9 Å². The molecule has 5 heteroatoms. The van der Waals surface area contributed by atoms with Crippen LogP contribution in [0.2, 0.25) is 0 Å². The topological polar surface area (TPSA) is 57.1 Å². The Labute approximate surface area is 160 Å². The van der Waals surface area contributed by atoms with Crippen molar-refractivity contribution in [2.24, 2.45) is 21.9 Å². The monoisotopic (exact) mass is 369 g/mol. The molecule has 0 unspecified atom stereocenters. The van der Waals surface area contributed by atoms with E-state index < -0.39 is 0 Å². The molecule has 144 valence electrons. The van der Waals surface area contributed by atoms with Crippen LogP contribution in [0, 0.1) is 16.7 Å². The van der Waals surface area contributed by atoms with E-state index in [4.69, 9.17) is 14.3 Å². The van der Waals surface area contributed by atoms with Gasteiger partial charge in [-0.25, -0.2) is 4.79 Å². The van der Waals surface area contributed by atoms with E-state index in [1.54, 1.807) is 0 Å². The predicted molar refractivity (Wildman–Crippen MR) is 104 cm³/mol. The molecule has 3 aliphatic rings. The molecule has 1 aromatic carbocycles. The third kappa shape index (κ3) is 2.75. The van der Waals surface area contributed by atoms with E-state index in [-0.39, 0.29) is 23.6 Å². The summed E-state index contributed by atoms with van der Waals surface area (Å²) in [4.78, 5) is 17.2. The Hall–Kier alpha value is -2.30. The fourth-order valence-electron chi connectivity index (χ4n) is 4.80.